The number of rotatable bonds is 12. The Balaban J connectivity index is 1.93. The van der Waals surface area contributed by atoms with Gasteiger partial charge in [-0.15, -0.1) is 0 Å². The molecule has 0 amide bonds. The van der Waals surface area contributed by atoms with Crippen molar-refractivity contribution in [2.75, 3.05) is 33.5 Å². The van der Waals surface area contributed by atoms with Crippen LogP contribution in [-0.2, 0) is 19.1 Å². The van der Waals surface area contributed by atoms with Gasteiger partial charge in [-0.25, -0.2) is 14.6 Å². The van der Waals surface area contributed by atoms with Crippen molar-refractivity contribution in [3.63, 3.8) is 0 Å². The molecule has 0 spiro atoms. The van der Waals surface area contributed by atoms with E-state index in [-0.39, 0.29) is 31.0 Å². The van der Waals surface area contributed by atoms with Gasteiger partial charge < -0.3 is 23.7 Å². The van der Waals surface area contributed by atoms with E-state index in [9.17, 15) is 14.4 Å². The van der Waals surface area contributed by atoms with E-state index in [1.165, 1.54) is 23.0 Å². The van der Waals surface area contributed by atoms with Crippen molar-refractivity contribution < 1.29 is 33.3 Å². The molecular weight excluding hydrogens is 720 g/mol. The van der Waals surface area contributed by atoms with E-state index in [0.717, 1.165) is 4.47 Å². The van der Waals surface area contributed by atoms with Crippen LogP contribution in [0, 0.1) is 0 Å². The van der Waals surface area contributed by atoms with Gasteiger partial charge in [0.1, 0.15) is 12.4 Å². The van der Waals surface area contributed by atoms with Gasteiger partial charge in [0.25, 0.3) is 5.56 Å². The summed E-state index contributed by atoms with van der Waals surface area (Å²) in [6.07, 6.45) is 3.36. The fourth-order valence-corrected chi connectivity index (χ4v) is 6.92. The van der Waals surface area contributed by atoms with Crippen LogP contribution in [-0.4, -0.2) is 50.0 Å². The maximum Gasteiger partial charge on any atom is 0.343 e. The lowest BCUT2D eigenvalue weighted by atomic mass is 9.95. The molecule has 1 aliphatic heterocycles. The van der Waals surface area contributed by atoms with E-state index in [0.29, 0.717) is 54.5 Å². The van der Waals surface area contributed by atoms with Crippen molar-refractivity contribution in [1.29, 1.82) is 0 Å². The summed E-state index contributed by atoms with van der Waals surface area (Å²) in [4.78, 5) is 44.2. The summed E-state index contributed by atoms with van der Waals surface area (Å²) < 4.78 is 30.7. The fourth-order valence-electron chi connectivity index (χ4n) is 4.51. The molecule has 1 aromatic heterocycles. The second-order valence-electron chi connectivity index (χ2n) is 9.21. The third kappa shape index (κ3) is 7.16. The second-order valence-corrected chi connectivity index (χ2v) is 12.0. The number of carbonyl (C=O) groups excluding carboxylic acids is 2. The largest absolute Gasteiger partial charge is 0.490 e. The molecule has 3 aromatic rings. The fraction of sp³-hybridized carbons (Fsp3) is 0.290. The lowest BCUT2D eigenvalue weighted by Crippen LogP contribution is -2.40. The molecule has 0 radical (unpaired) electrons. The number of ether oxygens (including phenoxy) is 5. The summed E-state index contributed by atoms with van der Waals surface area (Å²) in [5.41, 5.74) is 1.50. The molecule has 0 unspecified atom stereocenters. The molecule has 232 valence electrons. The molecule has 0 aliphatic carbocycles. The van der Waals surface area contributed by atoms with E-state index in [2.05, 4.69) is 48.2 Å². The Hall–Kier alpha value is -3.68. The van der Waals surface area contributed by atoms with Crippen molar-refractivity contribution in [3.05, 3.63) is 94.0 Å². The number of carbonyl (C=O) groups is 2. The minimum absolute atomic E-state index is 0.141. The van der Waals surface area contributed by atoms with E-state index in [1.807, 2.05) is 12.1 Å². The Labute approximate surface area is 274 Å². The number of hydrogen-bond acceptors (Lipinski definition) is 10. The van der Waals surface area contributed by atoms with E-state index in [4.69, 9.17) is 18.9 Å². The first-order valence-electron chi connectivity index (χ1n) is 13.5. The van der Waals surface area contributed by atoms with E-state index in [1.54, 1.807) is 51.1 Å². The quantitative estimate of drug-likeness (QED) is 0.191. The molecule has 2 heterocycles. The molecule has 0 N–H and O–H groups in total. The van der Waals surface area contributed by atoms with Crippen LogP contribution in [0.5, 0.6) is 17.2 Å². The first-order valence-corrected chi connectivity index (χ1v) is 15.9. The SMILES string of the molecule is C=CCOc1c(Br)cc(Br)cc1/C=c1/sc2n(c1=O)[C@@H](c1ccc(OCC(=O)OC)c(OCC)c1)C(C(=O)OCC)=C(C)N=2. The summed E-state index contributed by atoms with van der Waals surface area (Å²) in [5.74, 6) is 0.0362. The van der Waals surface area contributed by atoms with Crippen LogP contribution in [0.2, 0.25) is 0 Å². The minimum atomic E-state index is -0.882. The van der Waals surface area contributed by atoms with Crippen molar-refractivity contribution >= 4 is 61.2 Å². The number of esters is 2. The smallest absolute Gasteiger partial charge is 0.343 e. The second kappa shape index (κ2) is 14.9. The summed E-state index contributed by atoms with van der Waals surface area (Å²) >= 11 is 8.24. The monoisotopic (exact) mass is 748 g/mol. The normalized spacial score (nSPS) is 14.4. The maximum atomic E-state index is 14.1. The molecule has 2 aromatic carbocycles. The highest BCUT2D eigenvalue weighted by Crippen LogP contribution is 2.37. The van der Waals surface area contributed by atoms with Crippen LogP contribution in [0.3, 0.4) is 0 Å². The molecule has 44 heavy (non-hydrogen) atoms. The summed E-state index contributed by atoms with van der Waals surface area (Å²) in [5, 5.41) is 0. The van der Waals surface area contributed by atoms with Crippen LogP contribution >= 0.6 is 43.2 Å². The Morgan fingerprint density at radius 1 is 1.09 bits per heavy atom. The summed E-state index contributed by atoms with van der Waals surface area (Å²) in [7, 11) is 1.27. The van der Waals surface area contributed by atoms with Crippen LogP contribution in [0.15, 0.2) is 73.0 Å². The van der Waals surface area contributed by atoms with Crippen LogP contribution < -0.4 is 29.1 Å². The predicted octanol–water partition coefficient (Wildman–Crippen LogP) is 4.84. The molecule has 0 bridgehead atoms. The van der Waals surface area contributed by atoms with Gasteiger partial charge in [-0.1, -0.05) is 46.0 Å². The standard InChI is InChI=1S/C31H30Br2N2O8S/c1-6-11-42-28-19(12-20(32)15-21(28)33)14-24-29(37)35-27(26(30(38)41-8-3)17(4)34-31(35)44-24)18-9-10-22(23(13-18)40-7-2)43-16-25(36)39-5/h6,9-10,12-15,27H,1,7-8,11,16H2,2-5H3/b24-14+/t27-/m0/s1. The number of allylic oxidation sites excluding steroid dienone is 1. The van der Waals surface area contributed by atoms with Crippen LogP contribution in [0.4, 0.5) is 0 Å². The van der Waals surface area contributed by atoms with Gasteiger partial charge in [-0.3, -0.25) is 9.36 Å². The van der Waals surface area contributed by atoms with Gasteiger partial charge in [0.2, 0.25) is 0 Å². The first kappa shape index (κ1) is 33.2. The highest BCUT2D eigenvalue weighted by molar-refractivity contribution is 9.11. The van der Waals surface area contributed by atoms with Crippen molar-refractivity contribution in [2.24, 2.45) is 4.99 Å². The molecule has 4 rings (SSSR count). The number of halogens is 2. The minimum Gasteiger partial charge on any atom is -0.490 e. The first-order chi connectivity index (χ1) is 21.1. The number of aromatic nitrogens is 1. The molecule has 0 saturated carbocycles. The molecule has 13 heteroatoms. The zero-order valence-electron chi connectivity index (χ0n) is 24.5. The number of hydrogen-bond donors (Lipinski definition) is 0. The van der Waals surface area contributed by atoms with Gasteiger partial charge in [0, 0.05) is 10.0 Å². The third-order valence-corrected chi connectivity index (χ3v) is 8.37. The van der Waals surface area contributed by atoms with Gasteiger partial charge in [-0.2, -0.15) is 0 Å². The highest BCUT2D eigenvalue weighted by Gasteiger charge is 2.34. The van der Waals surface area contributed by atoms with Crippen LogP contribution in [0.1, 0.15) is 37.9 Å². The molecule has 0 saturated heterocycles. The zero-order valence-corrected chi connectivity index (χ0v) is 28.5. The van der Waals surface area contributed by atoms with Crippen molar-refractivity contribution in [1.82, 2.24) is 4.57 Å². The Morgan fingerprint density at radius 2 is 1.86 bits per heavy atom. The topological polar surface area (TPSA) is 115 Å². The number of thiazole rings is 1. The molecular formula is C31H30Br2N2O8S. The predicted molar refractivity (Wildman–Crippen MR) is 173 cm³/mol. The third-order valence-electron chi connectivity index (χ3n) is 6.34. The van der Waals surface area contributed by atoms with Gasteiger partial charge in [-0.05, 0) is 72.6 Å². The van der Waals surface area contributed by atoms with Crippen molar-refractivity contribution in [3.8, 4) is 17.2 Å². The summed E-state index contributed by atoms with van der Waals surface area (Å²) in [6.45, 7) is 9.34. The van der Waals surface area contributed by atoms with E-state index >= 15 is 0 Å². The van der Waals surface area contributed by atoms with Crippen molar-refractivity contribution in [2.45, 2.75) is 26.8 Å². The highest BCUT2D eigenvalue weighted by atomic mass is 79.9. The number of benzene rings is 2. The molecule has 1 atom stereocenters. The molecule has 0 fully saturated rings. The Bertz CT molecular complexity index is 1810. The number of nitrogens with zero attached hydrogens (tertiary/aromatic N) is 2. The Kier molecular flexibility index (Phi) is 11.2. The van der Waals surface area contributed by atoms with Gasteiger partial charge in [0.05, 0.1) is 46.6 Å². The lowest BCUT2D eigenvalue weighted by Gasteiger charge is -2.25. The lowest BCUT2D eigenvalue weighted by molar-refractivity contribution is -0.143. The van der Waals surface area contributed by atoms with Gasteiger partial charge in [0.15, 0.2) is 22.9 Å². The summed E-state index contributed by atoms with van der Waals surface area (Å²) in [6, 6.07) is 7.83. The Morgan fingerprint density at radius 3 is 2.55 bits per heavy atom. The maximum absolute atomic E-state index is 14.1. The molecule has 1 aliphatic rings. The average Bonchev–Trinajstić information content (AvgIpc) is 3.29. The number of methoxy groups -OCH3 is 1. The van der Waals surface area contributed by atoms with Crippen LogP contribution in [0.25, 0.3) is 6.08 Å². The van der Waals surface area contributed by atoms with Gasteiger partial charge >= 0.3 is 11.9 Å². The van der Waals surface area contributed by atoms with E-state index < -0.39 is 18.0 Å². The average molecular weight is 750 g/mol. The molecule has 10 nitrogen and oxygen atoms in total. The number of fused-ring (bicyclic) bond motifs is 1. The zero-order chi connectivity index (χ0) is 32.0.